The summed E-state index contributed by atoms with van der Waals surface area (Å²) in [6.45, 7) is 6.21. The number of nitrogens with two attached hydrogens (primary N) is 1. The monoisotopic (exact) mass is 258 g/mol. The van der Waals surface area contributed by atoms with E-state index in [2.05, 4.69) is 46.1 Å². The second-order valence-corrected chi connectivity index (χ2v) is 5.46. The predicted octanol–water partition coefficient (Wildman–Crippen LogP) is 1.37. The van der Waals surface area contributed by atoms with Gasteiger partial charge in [0.15, 0.2) is 0 Å². The summed E-state index contributed by atoms with van der Waals surface area (Å²) in [4.78, 5) is 8.43. The molecule has 1 aromatic carbocycles. The molecular formula is C15H22N4. The van der Waals surface area contributed by atoms with Crippen molar-refractivity contribution in [2.24, 2.45) is 5.73 Å². The minimum absolute atomic E-state index is 0.589. The van der Waals surface area contributed by atoms with E-state index in [0.717, 1.165) is 32.7 Å². The van der Waals surface area contributed by atoms with Gasteiger partial charge in [-0.2, -0.15) is 0 Å². The first-order valence-corrected chi connectivity index (χ1v) is 6.97. The molecule has 1 aliphatic rings. The lowest BCUT2D eigenvalue weighted by atomic mass is 10.1. The number of fused-ring (bicyclic) bond motifs is 1. The molecule has 2 aromatic rings. The Hall–Kier alpha value is -1.36. The zero-order chi connectivity index (χ0) is 13.2. The largest absolute Gasteiger partial charge is 0.357 e. The first-order valence-electron chi connectivity index (χ1n) is 6.97. The van der Waals surface area contributed by atoms with Crippen LogP contribution in [0, 0.1) is 0 Å². The van der Waals surface area contributed by atoms with Gasteiger partial charge >= 0.3 is 0 Å². The molecule has 1 aromatic heterocycles. The Morgan fingerprint density at radius 2 is 2.00 bits per heavy atom. The molecule has 0 amide bonds. The van der Waals surface area contributed by atoms with Gasteiger partial charge in [0, 0.05) is 50.3 Å². The van der Waals surface area contributed by atoms with E-state index < -0.39 is 0 Å². The fraction of sp³-hybridized carbons (Fsp3) is 0.467. The molecule has 3 rings (SSSR count). The Bertz CT molecular complexity index is 552. The summed E-state index contributed by atoms with van der Waals surface area (Å²) < 4.78 is 0. The van der Waals surface area contributed by atoms with E-state index in [1.165, 1.54) is 22.2 Å². The normalized spacial score (nSPS) is 18.2. The van der Waals surface area contributed by atoms with Crippen LogP contribution in [0.3, 0.4) is 0 Å². The van der Waals surface area contributed by atoms with Crippen molar-refractivity contribution in [2.75, 3.05) is 33.2 Å². The number of hydrogen-bond donors (Lipinski definition) is 2. The third-order valence-electron chi connectivity index (χ3n) is 4.01. The van der Waals surface area contributed by atoms with Crippen LogP contribution in [0.4, 0.5) is 0 Å². The topological polar surface area (TPSA) is 48.3 Å². The number of nitrogens with one attached hydrogen (secondary N) is 1. The SMILES string of the molecule is CN1CCN(Cc2cc3cccc(CN)c3[nH]2)CC1. The molecule has 4 heteroatoms. The van der Waals surface area contributed by atoms with Gasteiger partial charge in [-0.1, -0.05) is 18.2 Å². The van der Waals surface area contributed by atoms with Crippen molar-refractivity contribution in [3.05, 3.63) is 35.5 Å². The van der Waals surface area contributed by atoms with Crippen molar-refractivity contribution in [1.82, 2.24) is 14.8 Å². The van der Waals surface area contributed by atoms with E-state index >= 15 is 0 Å². The summed E-state index contributed by atoms with van der Waals surface area (Å²) in [6, 6.07) is 8.59. The third kappa shape index (κ3) is 2.66. The molecule has 0 spiro atoms. The van der Waals surface area contributed by atoms with Crippen LogP contribution in [0.1, 0.15) is 11.3 Å². The summed E-state index contributed by atoms with van der Waals surface area (Å²) >= 11 is 0. The fourth-order valence-electron chi connectivity index (χ4n) is 2.78. The fourth-order valence-corrected chi connectivity index (χ4v) is 2.78. The van der Waals surface area contributed by atoms with Crippen molar-refractivity contribution >= 4 is 10.9 Å². The first kappa shape index (κ1) is 12.7. The second-order valence-electron chi connectivity index (χ2n) is 5.46. The summed E-state index contributed by atoms with van der Waals surface area (Å²) in [6.07, 6.45) is 0. The maximum absolute atomic E-state index is 5.79. The van der Waals surface area contributed by atoms with Gasteiger partial charge in [0.2, 0.25) is 0 Å². The van der Waals surface area contributed by atoms with Crippen LogP contribution in [0.2, 0.25) is 0 Å². The maximum Gasteiger partial charge on any atom is 0.0501 e. The zero-order valence-corrected chi connectivity index (χ0v) is 11.5. The van der Waals surface area contributed by atoms with Crippen LogP contribution in [0.15, 0.2) is 24.3 Å². The lowest BCUT2D eigenvalue weighted by Gasteiger charge is -2.31. The van der Waals surface area contributed by atoms with Crippen molar-refractivity contribution in [2.45, 2.75) is 13.1 Å². The Kier molecular flexibility index (Phi) is 3.55. The van der Waals surface area contributed by atoms with Gasteiger partial charge in [-0.05, 0) is 18.7 Å². The number of aromatic nitrogens is 1. The molecule has 0 unspecified atom stereocenters. The molecule has 0 bridgehead atoms. The van der Waals surface area contributed by atoms with Gasteiger partial charge in [0.1, 0.15) is 0 Å². The van der Waals surface area contributed by atoms with Crippen LogP contribution >= 0.6 is 0 Å². The highest BCUT2D eigenvalue weighted by Gasteiger charge is 2.15. The Morgan fingerprint density at radius 1 is 1.21 bits per heavy atom. The lowest BCUT2D eigenvalue weighted by Crippen LogP contribution is -2.43. The average molecular weight is 258 g/mol. The van der Waals surface area contributed by atoms with E-state index in [-0.39, 0.29) is 0 Å². The second kappa shape index (κ2) is 5.33. The summed E-state index contributed by atoms with van der Waals surface area (Å²) in [5.74, 6) is 0. The maximum atomic E-state index is 5.79. The van der Waals surface area contributed by atoms with E-state index in [1.54, 1.807) is 0 Å². The molecule has 0 saturated carbocycles. The van der Waals surface area contributed by atoms with Crippen molar-refractivity contribution < 1.29 is 0 Å². The van der Waals surface area contributed by atoms with Gasteiger partial charge in [0.25, 0.3) is 0 Å². The van der Waals surface area contributed by atoms with Crippen LogP contribution in [0.25, 0.3) is 10.9 Å². The number of hydrogen-bond acceptors (Lipinski definition) is 3. The van der Waals surface area contributed by atoms with Gasteiger partial charge in [-0.15, -0.1) is 0 Å². The minimum Gasteiger partial charge on any atom is -0.357 e. The van der Waals surface area contributed by atoms with E-state index in [4.69, 9.17) is 5.73 Å². The molecule has 102 valence electrons. The van der Waals surface area contributed by atoms with Gasteiger partial charge in [-0.25, -0.2) is 0 Å². The quantitative estimate of drug-likeness (QED) is 0.874. The molecule has 3 N–H and O–H groups in total. The molecule has 0 atom stereocenters. The average Bonchev–Trinajstić information content (AvgIpc) is 2.83. The third-order valence-corrected chi connectivity index (χ3v) is 4.01. The van der Waals surface area contributed by atoms with Crippen LogP contribution < -0.4 is 5.73 Å². The zero-order valence-electron chi connectivity index (χ0n) is 11.5. The summed E-state index contributed by atoms with van der Waals surface area (Å²) in [7, 11) is 2.19. The number of likely N-dealkylation sites (N-methyl/N-ethyl adjacent to an activating group) is 1. The van der Waals surface area contributed by atoms with Crippen LogP contribution in [0.5, 0.6) is 0 Å². The number of aromatic amines is 1. The Labute approximate surface area is 114 Å². The highest BCUT2D eigenvalue weighted by Crippen LogP contribution is 2.20. The van der Waals surface area contributed by atoms with Crippen LogP contribution in [-0.2, 0) is 13.1 Å². The summed E-state index contributed by atoms with van der Waals surface area (Å²) in [5.41, 5.74) is 9.48. The number of nitrogens with zero attached hydrogens (tertiary/aromatic N) is 2. The Morgan fingerprint density at radius 3 is 2.74 bits per heavy atom. The minimum atomic E-state index is 0.589. The highest BCUT2D eigenvalue weighted by molar-refractivity contribution is 5.83. The van der Waals surface area contributed by atoms with Gasteiger partial charge < -0.3 is 15.6 Å². The van der Waals surface area contributed by atoms with E-state index in [1.807, 2.05) is 0 Å². The number of H-pyrrole nitrogens is 1. The summed E-state index contributed by atoms with van der Waals surface area (Å²) in [5, 5.41) is 1.27. The highest BCUT2D eigenvalue weighted by atomic mass is 15.2. The number of rotatable bonds is 3. The van der Waals surface area contributed by atoms with Gasteiger partial charge in [0.05, 0.1) is 5.52 Å². The molecular weight excluding hydrogens is 236 g/mol. The van der Waals surface area contributed by atoms with Gasteiger partial charge in [-0.3, -0.25) is 4.90 Å². The molecule has 1 fully saturated rings. The molecule has 1 saturated heterocycles. The lowest BCUT2D eigenvalue weighted by molar-refractivity contribution is 0.147. The van der Waals surface area contributed by atoms with Crippen LogP contribution in [-0.4, -0.2) is 48.0 Å². The molecule has 1 aliphatic heterocycles. The Balaban J connectivity index is 1.78. The molecule has 2 heterocycles. The molecule has 0 aliphatic carbocycles. The first-order chi connectivity index (χ1) is 9.26. The van der Waals surface area contributed by atoms with E-state index in [0.29, 0.717) is 6.54 Å². The van der Waals surface area contributed by atoms with Crippen molar-refractivity contribution in [3.63, 3.8) is 0 Å². The molecule has 19 heavy (non-hydrogen) atoms. The van der Waals surface area contributed by atoms with Crippen molar-refractivity contribution in [1.29, 1.82) is 0 Å². The number of piperazine rings is 1. The smallest absolute Gasteiger partial charge is 0.0501 e. The van der Waals surface area contributed by atoms with E-state index in [9.17, 15) is 0 Å². The standard InChI is InChI=1S/C15H22N4/c1-18-5-7-19(8-6-18)11-14-9-12-3-2-4-13(10-16)15(12)17-14/h2-4,9,17H,5-8,10-11,16H2,1H3. The predicted molar refractivity (Wildman–Crippen MR) is 79.0 cm³/mol. The van der Waals surface area contributed by atoms with Crippen molar-refractivity contribution in [3.8, 4) is 0 Å². The number of para-hydroxylation sites is 1. The number of benzene rings is 1. The molecule has 4 nitrogen and oxygen atoms in total. The molecule has 0 radical (unpaired) electrons.